The quantitative estimate of drug-likeness (QED) is 0.683. The van der Waals surface area contributed by atoms with Crippen molar-refractivity contribution in [2.24, 2.45) is 0 Å². The molecule has 2 aromatic rings. The van der Waals surface area contributed by atoms with Gasteiger partial charge in [0.05, 0.1) is 6.61 Å². The molecule has 0 amide bonds. The van der Waals surface area contributed by atoms with E-state index in [1.54, 1.807) is 11.8 Å². The van der Waals surface area contributed by atoms with Gasteiger partial charge in [0.15, 0.2) is 0 Å². The summed E-state index contributed by atoms with van der Waals surface area (Å²) in [5.41, 5.74) is 1.71. The normalized spacial score (nSPS) is 11.4. The van der Waals surface area contributed by atoms with Crippen LogP contribution in [-0.2, 0) is 6.61 Å². The number of aliphatic hydroxyl groups is 1. The van der Waals surface area contributed by atoms with Crippen LogP contribution in [0.1, 0.15) is 25.0 Å². The standard InChI is InChI=1S/C14H16O3S/c1-8(2)18-12-5-4-10-9(3)6-13(16)17-14(10)11(12)7-15/h4-6,8,15H,7H2,1-3H3. The Morgan fingerprint density at radius 1 is 1.39 bits per heavy atom. The van der Waals surface area contributed by atoms with E-state index in [0.717, 1.165) is 15.8 Å². The number of fused-ring (bicyclic) bond motifs is 1. The van der Waals surface area contributed by atoms with Crippen LogP contribution in [-0.4, -0.2) is 10.4 Å². The lowest BCUT2D eigenvalue weighted by atomic mass is 10.1. The van der Waals surface area contributed by atoms with Crippen LogP contribution in [0.2, 0.25) is 0 Å². The third kappa shape index (κ3) is 2.44. The third-order valence-corrected chi connectivity index (χ3v) is 3.81. The van der Waals surface area contributed by atoms with E-state index >= 15 is 0 Å². The molecule has 4 heteroatoms. The Balaban J connectivity index is 2.74. The molecule has 3 nitrogen and oxygen atoms in total. The molecule has 0 aliphatic heterocycles. The van der Waals surface area contributed by atoms with Crippen molar-refractivity contribution in [3.8, 4) is 0 Å². The fourth-order valence-electron chi connectivity index (χ4n) is 1.94. The smallest absolute Gasteiger partial charge is 0.336 e. The molecular formula is C14H16O3S. The van der Waals surface area contributed by atoms with E-state index in [9.17, 15) is 9.90 Å². The molecule has 2 rings (SSSR count). The summed E-state index contributed by atoms with van der Waals surface area (Å²) in [5, 5.41) is 10.8. The van der Waals surface area contributed by atoms with Crippen LogP contribution in [0, 0.1) is 6.92 Å². The van der Waals surface area contributed by atoms with E-state index in [4.69, 9.17) is 4.42 Å². The van der Waals surface area contributed by atoms with Crippen LogP contribution in [0.25, 0.3) is 11.0 Å². The highest BCUT2D eigenvalue weighted by Gasteiger charge is 2.13. The number of rotatable bonds is 3. The molecule has 0 aliphatic carbocycles. The van der Waals surface area contributed by atoms with E-state index in [2.05, 4.69) is 13.8 Å². The average molecular weight is 264 g/mol. The molecular weight excluding hydrogens is 248 g/mol. The number of thioether (sulfide) groups is 1. The van der Waals surface area contributed by atoms with Gasteiger partial charge in [-0.2, -0.15) is 0 Å². The fraction of sp³-hybridized carbons (Fsp3) is 0.357. The maximum Gasteiger partial charge on any atom is 0.336 e. The first-order valence-corrected chi connectivity index (χ1v) is 6.74. The molecule has 0 saturated heterocycles. The lowest BCUT2D eigenvalue weighted by Gasteiger charge is -2.12. The molecule has 0 unspecified atom stereocenters. The predicted molar refractivity (Wildman–Crippen MR) is 74.1 cm³/mol. The second-order valence-electron chi connectivity index (χ2n) is 4.49. The molecule has 18 heavy (non-hydrogen) atoms. The van der Waals surface area contributed by atoms with Crippen LogP contribution in [0.15, 0.2) is 32.3 Å². The van der Waals surface area contributed by atoms with Gasteiger partial charge in [-0.05, 0) is 24.6 Å². The minimum Gasteiger partial charge on any atom is -0.422 e. The minimum absolute atomic E-state index is 0.126. The zero-order valence-corrected chi connectivity index (χ0v) is 11.5. The molecule has 0 atom stereocenters. The molecule has 0 spiro atoms. The predicted octanol–water partition coefficient (Wildman–Crippen LogP) is 3.09. The Hall–Kier alpha value is -1.26. The molecule has 96 valence electrons. The second kappa shape index (κ2) is 5.16. The van der Waals surface area contributed by atoms with Crippen LogP contribution in [0.3, 0.4) is 0 Å². The lowest BCUT2D eigenvalue weighted by molar-refractivity contribution is 0.278. The van der Waals surface area contributed by atoms with Gasteiger partial charge in [0, 0.05) is 27.2 Å². The van der Waals surface area contributed by atoms with Crippen LogP contribution in [0.4, 0.5) is 0 Å². The van der Waals surface area contributed by atoms with Gasteiger partial charge in [-0.25, -0.2) is 4.79 Å². The van der Waals surface area contributed by atoms with Crippen molar-refractivity contribution in [2.45, 2.75) is 37.5 Å². The summed E-state index contributed by atoms with van der Waals surface area (Å²) in [7, 11) is 0. The molecule has 0 aliphatic rings. The van der Waals surface area contributed by atoms with Crippen molar-refractivity contribution in [2.75, 3.05) is 0 Å². The third-order valence-electron chi connectivity index (χ3n) is 2.70. The molecule has 0 fully saturated rings. The number of aliphatic hydroxyl groups excluding tert-OH is 1. The average Bonchev–Trinajstić information content (AvgIpc) is 2.27. The Morgan fingerprint density at radius 2 is 2.11 bits per heavy atom. The Morgan fingerprint density at radius 3 is 2.72 bits per heavy atom. The highest BCUT2D eigenvalue weighted by Crippen LogP contribution is 2.32. The summed E-state index contributed by atoms with van der Waals surface area (Å²) in [4.78, 5) is 12.4. The maximum atomic E-state index is 11.5. The van der Waals surface area contributed by atoms with Gasteiger partial charge in [0.25, 0.3) is 0 Å². The van der Waals surface area contributed by atoms with E-state index in [0.29, 0.717) is 16.4 Å². The first-order chi connectivity index (χ1) is 8.52. The van der Waals surface area contributed by atoms with Gasteiger partial charge in [0.1, 0.15) is 5.58 Å². The van der Waals surface area contributed by atoms with Crippen molar-refractivity contribution in [1.82, 2.24) is 0 Å². The zero-order valence-electron chi connectivity index (χ0n) is 10.7. The summed E-state index contributed by atoms with van der Waals surface area (Å²) >= 11 is 1.65. The number of hydrogen-bond donors (Lipinski definition) is 1. The van der Waals surface area contributed by atoms with Crippen LogP contribution < -0.4 is 5.63 Å². The minimum atomic E-state index is -0.374. The van der Waals surface area contributed by atoms with Crippen molar-refractivity contribution in [3.05, 3.63) is 39.7 Å². The summed E-state index contributed by atoms with van der Waals surface area (Å²) in [6.45, 7) is 5.92. The first kappa shape index (κ1) is 13.2. The molecule has 1 aromatic heterocycles. The Kier molecular flexibility index (Phi) is 3.78. The van der Waals surface area contributed by atoms with Crippen LogP contribution >= 0.6 is 11.8 Å². The zero-order chi connectivity index (χ0) is 13.3. The highest BCUT2D eigenvalue weighted by molar-refractivity contribution is 8.00. The largest absolute Gasteiger partial charge is 0.422 e. The first-order valence-electron chi connectivity index (χ1n) is 5.86. The highest BCUT2D eigenvalue weighted by atomic mass is 32.2. The van der Waals surface area contributed by atoms with Crippen molar-refractivity contribution in [1.29, 1.82) is 0 Å². The monoisotopic (exact) mass is 264 g/mol. The summed E-state index contributed by atoms with van der Waals surface area (Å²) in [6, 6.07) is 5.39. The van der Waals surface area contributed by atoms with Gasteiger partial charge in [-0.1, -0.05) is 13.8 Å². The van der Waals surface area contributed by atoms with E-state index in [-0.39, 0.29) is 12.2 Å². The Labute approximate surface area is 110 Å². The van der Waals surface area contributed by atoms with Gasteiger partial charge >= 0.3 is 5.63 Å². The Bertz CT molecular complexity index is 629. The maximum absolute atomic E-state index is 11.5. The van der Waals surface area contributed by atoms with Gasteiger partial charge in [-0.3, -0.25) is 0 Å². The summed E-state index contributed by atoms with van der Waals surface area (Å²) in [6.07, 6.45) is 0. The summed E-state index contributed by atoms with van der Waals surface area (Å²) < 4.78 is 5.26. The molecule has 1 aromatic carbocycles. The fourth-order valence-corrected chi connectivity index (χ4v) is 2.89. The molecule has 0 bridgehead atoms. The molecule has 1 N–H and O–H groups in total. The van der Waals surface area contributed by atoms with Crippen molar-refractivity contribution < 1.29 is 9.52 Å². The molecule has 0 saturated carbocycles. The summed E-state index contributed by atoms with van der Waals surface area (Å²) in [5.74, 6) is 0. The topological polar surface area (TPSA) is 50.4 Å². The van der Waals surface area contributed by atoms with E-state index in [1.807, 2.05) is 19.1 Å². The SMILES string of the molecule is Cc1cc(=O)oc2c(CO)c(SC(C)C)ccc12. The molecule has 1 heterocycles. The van der Waals surface area contributed by atoms with E-state index in [1.165, 1.54) is 6.07 Å². The lowest BCUT2D eigenvalue weighted by Crippen LogP contribution is -2.01. The van der Waals surface area contributed by atoms with Gasteiger partial charge in [0.2, 0.25) is 0 Å². The van der Waals surface area contributed by atoms with Gasteiger partial charge in [-0.15, -0.1) is 11.8 Å². The van der Waals surface area contributed by atoms with E-state index < -0.39 is 0 Å². The number of hydrogen-bond acceptors (Lipinski definition) is 4. The second-order valence-corrected chi connectivity index (χ2v) is 6.11. The number of benzene rings is 1. The number of aryl methyl sites for hydroxylation is 1. The van der Waals surface area contributed by atoms with Crippen LogP contribution in [0.5, 0.6) is 0 Å². The van der Waals surface area contributed by atoms with Crippen molar-refractivity contribution >= 4 is 22.7 Å². The van der Waals surface area contributed by atoms with Gasteiger partial charge < -0.3 is 9.52 Å². The van der Waals surface area contributed by atoms with Crippen molar-refractivity contribution in [3.63, 3.8) is 0 Å². The molecule has 0 radical (unpaired) electrons.